The fraction of sp³-hybridized carbons (Fsp3) is 0.294. The van der Waals surface area contributed by atoms with E-state index in [2.05, 4.69) is 42.9 Å². The van der Waals surface area contributed by atoms with Crippen molar-refractivity contribution in [1.82, 2.24) is 49.0 Å². The second-order valence-corrected chi connectivity index (χ2v) is 16.6. The first-order chi connectivity index (χ1) is 25.3. The monoisotopic (exact) mass is 770 g/mol. The fourth-order valence-corrected chi connectivity index (χ4v) is 10.6. The fourth-order valence-electron chi connectivity index (χ4n) is 6.13. The third-order valence-corrected chi connectivity index (χ3v) is 13.1. The average molecular weight is 771 g/mol. The second kappa shape index (κ2) is 14.2. The summed E-state index contributed by atoms with van der Waals surface area (Å²) in [5.41, 5.74) is 15.6. The van der Waals surface area contributed by atoms with E-state index in [1.165, 1.54) is 58.9 Å². The van der Waals surface area contributed by atoms with Gasteiger partial charge in [-0.25, -0.2) is 39.9 Å². The van der Waals surface area contributed by atoms with Crippen LogP contribution < -0.4 is 11.5 Å². The summed E-state index contributed by atoms with van der Waals surface area (Å²) in [5, 5.41) is 24.9. The summed E-state index contributed by atoms with van der Waals surface area (Å²) in [6.45, 7) is 5.17. The largest absolute Gasteiger partial charge is 0.393 e. The molecule has 2 aromatic carbocycles. The molecular weight excluding hydrogens is 737 g/mol. The molecule has 266 valence electrons. The number of anilines is 2. The van der Waals surface area contributed by atoms with Gasteiger partial charge in [0.1, 0.15) is 18.3 Å². The zero-order chi connectivity index (χ0) is 36.0. The van der Waals surface area contributed by atoms with Crippen molar-refractivity contribution < 1.29 is 10.2 Å². The first-order valence-electron chi connectivity index (χ1n) is 16.7. The topological polar surface area (TPSA) is 205 Å². The van der Waals surface area contributed by atoms with Crippen molar-refractivity contribution in [2.24, 2.45) is 0 Å². The van der Waals surface area contributed by atoms with Crippen LogP contribution in [0.1, 0.15) is 50.7 Å². The average Bonchev–Trinajstić information content (AvgIpc) is 3.93. The van der Waals surface area contributed by atoms with Crippen molar-refractivity contribution in [3.8, 4) is 0 Å². The van der Waals surface area contributed by atoms with Crippen molar-refractivity contribution in [3.63, 3.8) is 0 Å². The molecule has 18 heteroatoms. The van der Waals surface area contributed by atoms with Crippen molar-refractivity contribution in [1.29, 1.82) is 0 Å². The molecule has 8 aromatic rings. The smallest absolute Gasteiger partial charge is 0.177 e. The van der Waals surface area contributed by atoms with Gasteiger partial charge in [0.05, 0.1) is 27.0 Å². The van der Waals surface area contributed by atoms with Crippen molar-refractivity contribution in [2.75, 3.05) is 18.1 Å². The van der Waals surface area contributed by atoms with Gasteiger partial charge in [-0.2, -0.15) is 0 Å². The van der Waals surface area contributed by atoms with Gasteiger partial charge in [-0.1, -0.05) is 51.0 Å². The van der Waals surface area contributed by atoms with Crippen LogP contribution in [0.15, 0.2) is 68.0 Å². The molecule has 0 atom stereocenters. The Morgan fingerprint density at radius 3 is 1.58 bits per heavy atom. The van der Waals surface area contributed by atoms with E-state index < -0.39 is 12.2 Å². The van der Waals surface area contributed by atoms with E-state index in [1.54, 1.807) is 0 Å². The molecule has 6 heterocycles. The number of nitrogen functional groups attached to an aromatic ring is 2. The van der Waals surface area contributed by atoms with Crippen molar-refractivity contribution >= 4 is 101 Å². The highest BCUT2D eigenvalue weighted by atomic mass is 32.2. The second-order valence-electron chi connectivity index (χ2n) is 12.2. The van der Waals surface area contributed by atoms with Crippen LogP contribution in [0.5, 0.6) is 0 Å². The van der Waals surface area contributed by atoms with E-state index in [1.807, 2.05) is 36.4 Å². The summed E-state index contributed by atoms with van der Waals surface area (Å²) in [6.07, 6.45) is 6.82. The van der Waals surface area contributed by atoms with E-state index in [-0.39, 0.29) is 0 Å². The van der Waals surface area contributed by atoms with Crippen molar-refractivity contribution in [2.45, 2.75) is 77.2 Å². The number of aliphatic hydroxyl groups is 2. The SMILES string of the molecule is CCCCn1c(Sc2nc3cccc(C(O)(CO)c4cccc5nc(Sc6nc7c(N)ncnc7n6CCCC)sc45)c3s2)nc2c(N)ncnc21. The minimum absolute atomic E-state index is 0.328. The Morgan fingerprint density at radius 1 is 0.692 bits per heavy atom. The number of nitrogens with two attached hydrogens (primary N) is 2. The number of hydrogen-bond donors (Lipinski definition) is 4. The quantitative estimate of drug-likeness (QED) is 0.0991. The number of benzene rings is 2. The molecule has 0 aliphatic rings. The maximum atomic E-state index is 12.5. The lowest BCUT2D eigenvalue weighted by Gasteiger charge is -2.27. The Kier molecular flexibility index (Phi) is 9.43. The number of aliphatic hydroxyl groups excluding tert-OH is 1. The molecule has 0 aliphatic heterocycles. The van der Waals surface area contributed by atoms with E-state index in [4.69, 9.17) is 31.4 Å². The molecule has 0 unspecified atom stereocenters. The minimum Gasteiger partial charge on any atom is -0.393 e. The molecule has 0 amide bonds. The number of fused-ring (bicyclic) bond motifs is 4. The molecule has 6 aromatic heterocycles. The molecule has 0 fully saturated rings. The standard InChI is InChI=1S/C34H34N12O2S4/c1-3-5-13-45-28-22(26(35)37-16-39-28)43-30(45)51-32-41-20-11-7-9-18(24(20)49-32)34(48,15-47)19-10-8-12-21-25(19)50-33(42-21)52-31-44-23-27(36)38-17-40-29(23)46(31)14-6-4-2/h7-12,16-17,47-48H,3-6,13-15H2,1-2H3,(H2,35,37,39)(H2,36,38,40). The highest BCUT2D eigenvalue weighted by Crippen LogP contribution is 2.45. The Balaban J connectivity index is 1.17. The van der Waals surface area contributed by atoms with Crippen LogP contribution in [0, 0.1) is 0 Å². The summed E-state index contributed by atoms with van der Waals surface area (Å²) in [4.78, 5) is 36.6. The number of aryl methyl sites for hydroxylation is 2. The summed E-state index contributed by atoms with van der Waals surface area (Å²) in [6, 6.07) is 11.2. The zero-order valence-electron chi connectivity index (χ0n) is 28.2. The van der Waals surface area contributed by atoms with Crippen LogP contribution in [0.3, 0.4) is 0 Å². The summed E-state index contributed by atoms with van der Waals surface area (Å²) >= 11 is 5.71. The first kappa shape index (κ1) is 34.6. The number of unbranched alkanes of at least 4 members (excludes halogenated alkanes) is 2. The molecule has 14 nitrogen and oxygen atoms in total. The lowest BCUT2D eigenvalue weighted by Crippen LogP contribution is -2.31. The lowest BCUT2D eigenvalue weighted by atomic mass is 9.86. The molecule has 52 heavy (non-hydrogen) atoms. The first-order valence-corrected chi connectivity index (χ1v) is 20.0. The molecule has 0 bridgehead atoms. The Morgan fingerprint density at radius 2 is 1.15 bits per heavy atom. The molecule has 0 aliphatic carbocycles. The normalized spacial score (nSPS) is 12.3. The van der Waals surface area contributed by atoms with Crippen LogP contribution >= 0.6 is 46.2 Å². The van der Waals surface area contributed by atoms with Gasteiger partial charge in [0.25, 0.3) is 0 Å². The zero-order valence-corrected chi connectivity index (χ0v) is 31.5. The van der Waals surface area contributed by atoms with Gasteiger partial charge in [0.15, 0.2) is 53.0 Å². The van der Waals surface area contributed by atoms with Crippen LogP contribution in [0.4, 0.5) is 11.6 Å². The highest BCUT2D eigenvalue weighted by molar-refractivity contribution is 8.01. The maximum Gasteiger partial charge on any atom is 0.177 e. The van der Waals surface area contributed by atoms with Crippen LogP contribution in [0.2, 0.25) is 0 Å². The van der Waals surface area contributed by atoms with Crippen LogP contribution in [-0.2, 0) is 18.7 Å². The number of hydrogen-bond acceptors (Lipinski definition) is 16. The Hall–Kier alpha value is -4.46. The van der Waals surface area contributed by atoms with Gasteiger partial charge in [0.2, 0.25) is 0 Å². The van der Waals surface area contributed by atoms with Gasteiger partial charge in [0, 0.05) is 24.2 Å². The predicted molar refractivity (Wildman–Crippen MR) is 207 cm³/mol. The Labute approximate surface area is 313 Å². The van der Waals surface area contributed by atoms with E-state index in [0.717, 1.165) is 56.9 Å². The van der Waals surface area contributed by atoms with E-state index >= 15 is 0 Å². The molecule has 0 spiro atoms. The number of thiazole rings is 2. The van der Waals surface area contributed by atoms with E-state index in [9.17, 15) is 10.2 Å². The summed E-state index contributed by atoms with van der Waals surface area (Å²) in [5.74, 6) is 0.657. The van der Waals surface area contributed by atoms with Gasteiger partial charge < -0.3 is 30.8 Å². The lowest BCUT2D eigenvalue weighted by molar-refractivity contribution is 0.0199. The highest BCUT2D eigenvalue weighted by Gasteiger charge is 2.36. The number of imidazole rings is 2. The Bertz CT molecular complexity index is 2410. The van der Waals surface area contributed by atoms with Gasteiger partial charge in [-0.3, -0.25) is 0 Å². The van der Waals surface area contributed by atoms with Gasteiger partial charge >= 0.3 is 0 Å². The summed E-state index contributed by atoms with van der Waals surface area (Å²) < 4.78 is 7.09. The predicted octanol–water partition coefficient (Wildman–Crippen LogP) is 6.48. The summed E-state index contributed by atoms with van der Waals surface area (Å²) in [7, 11) is 0. The molecule has 0 radical (unpaired) electrons. The molecule has 8 rings (SSSR count). The van der Waals surface area contributed by atoms with Crippen molar-refractivity contribution in [3.05, 3.63) is 60.2 Å². The third kappa shape index (κ3) is 6.02. The van der Waals surface area contributed by atoms with Crippen LogP contribution in [-0.4, -0.2) is 65.8 Å². The van der Waals surface area contributed by atoms with Gasteiger partial charge in [-0.15, -0.1) is 22.7 Å². The van der Waals surface area contributed by atoms with E-state index in [0.29, 0.717) is 66.4 Å². The van der Waals surface area contributed by atoms with Crippen LogP contribution in [0.25, 0.3) is 42.8 Å². The molecular formula is C34H34N12O2S4. The molecule has 0 saturated heterocycles. The molecule has 0 saturated carbocycles. The maximum absolute atomic E-state index is 12.5. The van der Waals surface area contributed by atoms with Gasteiger partial charge in [-0.05, 0) is 48.5 Å². The number of rotatable bonds is 13. The third-order valence-electron chi connectivity index (χ3n) is 8.79. The molecule has 6 N–H and O–H groups in total. The number of aromatic nitrogens is 10. The number of nitrogens with zero attached hydrogens (tertiary/aromatic N) is 10. The minimum atomic E-state index is -1.75.